The zero-order chi connectivity index (χ0) is 16.5. The molecule has 1 unspecified atom stereocenters. The highest BCUT2D eigenvalue weighted by molar-refractivity contribution is 5.78. The average Bonchev–Trinajstić information content (AvgIpc) is 3.07. The number of fused-ring (bicyclic) bond motifs is 1. The molecule has 1 saturated heterocycles. The highest BCUT2D eigenvalue weighted by Gasteiger charge is 2.19. The maximum absolute atomic E-state index is 8.95. The number of nitrogens with zero attached hydrogens (tertiary/aromatic N) is 4. The van der Waals surface area contributed by atoms with Crippen LogP contribution in [0.15, 0.2) is 36.5 Å². The van der Waals surface area contributed by atoms with E-state index in [0.29, 0.717) is 17.3 Å². The van der Waals surface area contributed by atoms with Crippen LogP contribution in [0.5, 0.6) is 0 Å². The van der Waals surface area contributed by atoms with Crippen LogP contribution in [0.4, 0.5) is 5.82 Å². The number of rotatable bonds is 2. The number of anilines is 1. The van der Waals surface area contributed by atoms with Crippen LogP contribution in [0.2, 0.25) is 0 Å². The number of piperidine rings is 1. The zero-order valence-corrected chi connectivity index (χ0v) is 13.2. The third-order valence-corrected chi connectivity index (χ3v) is 4.56. The van der Waals surface area contributed by atoms with Crippen molar-refractivity contribution in [2.75, 3.05) is 18.8 Å². The Kier molecular flexibility index (Phi) is 3.63. The lowest BCUT2D eigenvalue weighted by atomic mass is 9.96. The van der Waals surface area contributed by atoms with Crippen molar-refractivity contribution in [2.24, 2.45) is 0 Å². The molecule has 6 nitrogen and oxygen atoms in total. The van der Waals surface area contributed by atoms with Gasteiger partial charge in [-0.25, -0.2) is 4.98 Å². The van der Waals surface area contributed by atoms with Crippen LogP contribution in [0.3, 0.4) is 0 Å². The van der Waals surface area contributed by atoms with Gasteiger partial charge in [0, 0.05) is 24.1 Å². The molecule has 4 rings (SSSR count). The number of benzene rings is 1. The molecule has 24 heavy (non-hydrogen) atoms. The predicted octanol–water partition coefficient (Wildman–Crippen LogP) is 2.32. The van der Waals surface area contributed by atoms with Gasteiger partial charge in [-0.05, 0) is 37.1 Å². The first-order valence-electron chi connectivity index (χ1n) is 8.11. The van der Waals surface area contributed by atoms with E-state index in [1.54, 1.807) is 22.8 Å². The van der Waals surface area contributed by atoms with Crippen molar-refractivity contribution >= 4 is 11.5 Å². The minimum absolute atomic E-state index is 0.384. The number of nitrogens with one attached hydrogen (secondary N) is 1. The fraction of sp³-hybridized carbons (Fsp3) is 0.278. The minimum atomic E-state index is 0.384. The Morgan fingerprint density at radius 3 is 2.83 bits per heavy atom. The molecule has 120 valence electrons. The van der Waals surface area contributed by atoms with Crippen LogP contribution in [0.25, 0.3) is 16.8 Å². The SMILES string of the molecule is N#Cc1ccc(-c2cnn3c(N)cc(C4CCCNC4)nc23)cc1. The largest absolute Gasteiger partial charge is 0.384 e. The van der Waals surface area contributed by atoms with Gasteiger partial charge in [-0.1, -0.05) is 12.1 Å². The van der Waals surface area contributed by atoms with Gasteiger partial charge in [0.1, 0.15) is 5.82 Å². The minimum Gasteiger partial charge on any atom is -0.384 e. The van der Waals surface area contributed by atoms with Crippen LogP contribution in [-0.2, 0) is 0 Å². The van der Waals surface area contributed by atoms with Crippen LogP contribution >= 0.6 is 0 Å². The summed E-state index contributed by atoms with van der Waals surface area (Å²) in [7, 11) is 0. The van der Waals surface area contributed by atoms with Gasteiger partial charge in [0.2, 0.25) is 0 Å². The Hall–Kier alpha value is -2.91. The van der Waals surface area contributed by atoms with Gasteiger partial charge in [-0.3, -0.25) is 0 Å². The molecule has 1 aliphatic heterocycles. The second-order valence-corrected chi connectivity index (χ2v) is 6.13. The second-order valence-electron chi connectivity index (χ2n) is 6.13. The van der Waals surface area contributed by atoms with Crippen molar-refractivity contribution in [1.29, 1.82) is 5.26 Å². The van der Waals surface area contributed by atoms with Gasteiger partial charge in [-0.2, -0.15) is 14.9 Å². The molecule has 6 heteroatoms. The van der Waals surface area contributed by atoms with Crippen LogP contribution < -0.4 is 11.1 Å². The summed E-state index contributed by atoms with van der Waals surface area (Å²) in [5.74, 6) is 0.982. The molecule has 1 aliphatic rings. The fourth-order valence-electron chi connectivity index (χ4n) is 3.25. The molecule has 1 atom stereocenters. The van der Waals surface area contributed by atoms with Crippen molar-refractivity contribution < 1.29 is 0 Å². The third kappa shape index (κ3) is 2.49. The Morgan fingerprint density at radius 2 is 2.12 bits per heavy atom. The first kappa shape index (κ1) is 14.7. The molecule has 1 aromatic carbocycles. The van der Waals surface area contributed by atoms with Gasteiger partial charge in [-0.15, -0.1) is 0 Å². The van der Waals surface area contributed by atoms with E-state index in [0.717, 1.165) is 48.4 Å². The lowest BCUT2D eigenvalue weighted by molar-refractivity contribution is 0.455. The topological polar surface area (TPSA) is 92.0 Å². The van der Waals surface area contributed by atoms with Crippen LogP contribution in [0, 0.1) is 11.3 Å². The molecule has 0 aliphatic carbocycles. The van der Waals surface area contributed by atoms with Crippen molar-refractivity contribution in [3.63, 3.8) is 0 Å². The standard InChI is InChI=1S/C18H18N6/c19-9-12-3-5-13(6-4-12)15-11-22-24-17(20)8-16(23-18(15)24)14-2-1-7-21-10-14/h3-6,8,11,14,21H,1-2,7,10,20H2. The summed E-state index contributed by atoms with van der Waals surface area (Å²) in [5.41, 5.74) is 10.5. The smallest absolute Gasteiger partial charge is 0.165 e. The van der Waals surface area contributed by atoms with Crippen molar-refractivity contribution in [3.05, 3.63) is 47.8 Å². The van der Waals surface area contributed by atoms with Crippen molar-refractivity contribution in [3.8, 4) is 17.2 Å². The summed E-state index contributed by atoms with van der Waals surface area (Å²) in [4.78, 5) is 4.85. The third-order valence-electron chi connectivity index (χ3n) is 4.56. The summed E-state index contributed by atoms with van der Waals surface area (Å²) >= 11 is 0. The van der Waals surface area contributed by atoms with Gasteiger partial charge >= 0.3 is 0 Å². The molecule has 3 N–H and O–H groups in total. The van der Waals surface area contributed by atoms with E-state index >= 15 is 0 Å². The van der Waals surface area contributed by atoms with E-state index in [4.69, 9.17) is 16.0 Å². The second kappa shape index (κ2) is 5.95. The molecule has 0 spiro atoms. The number of hydrogen-bond acceptors (Lipinski definition) is 5. The Labute approximate surface area is 139 Å². The maximum atomic E-state index is 8.95. The van der Waals surface area contributed by atoms with E-state index in [-0.39, 0.29) is 0 Å². The molecule has 2 aromatic heterocycles. The quantitative estimate of drug-likeness (QED) is 0.756. The maximum Gasteiger partial charge on any atom is 0.165 e. The molecule has 0 bridgehead atoms. The van der Waals surface area contributed by atoms with Crippen molar-refractivity contribution in [2.45, 2.75) is 18.8 Å². The molecule has 0 amide bonds. The molecule has 3 heterocycles. The van der Waals surface area contributed by atoms with Gasteiger partial charge in [0.15, 0.2) is 5.65 Å². The Morgan fingerprint density at radius 1 is 1.29 bits per heavy atom. The summed E-state index contributed by atoms with van der Waals surface area (Å²) in [6.07, 6.45) is 4.05. The predicted molar refractivity (Wildman–Crippen MR) is 92.4 cm³/mol. The highest BCUT2D eigenvalue weighted by Crippen LogP contribution is 2.29. The molecular weight excluding hydrogens is 300 g/mol. The summed E-state index contributed by atoms with van der Waals surface area (Å²) in [6, 6.07) is 11.5. The van der Waals surface area contributed by atoms with E-state index in [1.165, 1.54) is 0 Å². The van der Waals surface area contributed by atoms with E-state index in [9.17, 15) is 0 Å². The van der Waals surface area contributed by atoms with Crippen LogP contribution in [0.1, 0.15) is 30.0 Å². The molecule has 3 aromatic rings. The van der Waals surface area contributed by atoms with Crippen LogP contribution in [-0.4, -0.2) is 27.7 Å². The molecule has 0 saturated carbocycles. The zero-order valence-electron chi connectivity index (χ0n) is 13.2. The number of nitrogens with two attached hydrogens (primary N) is 1. The van der Waals surface area contributed by atoms with Crippen molar-refractivity contribution in [1.82, 2.24) is 19.9 Å². The number of hydrogen-bond donors (Lipinski definition) is 2. The van der Waals surface area contributed by atoms with Gasteiger partial charge < -0.3 is 11.1 Å². The highest BCUT2D eigenvalue weighted by atomic mass is 15.3. The summed E-state index contributed by atoms with van der Waals surface area (Å²) in [5, 5.41) is 16.7. The lowest BCUT2D eigenvalue weighted by Crippen LogP contribution is -2.29. The first-order valence-corrected chi connectivity index (χ1v) is 8.11. The number of nitriles is 1. The lowest BCUT2D eigenvalue weighted by Gasteiger charge is -2.22. The van der Waals surface area contributed by atoms with E-state index in [2.05, 4.69) is 16.5 Å². The summed E-state index contributed by atoms with van der Waals surface area (Å²) < 4.78 is 1.67. The van der Waals surface area contributed by atoms with Gasteiger partial charge in [0.05, 0.1) is 23.5 Å². The average molecular weight is 318 g/mol. The Balaban J connectivity index is 1.81. The first-order chi connectivity index (χ1) is 11.8. The Bertz CT molecular complexity index is 913. The fourth-order valence-corrected chi connectivity index (χ4v) is 3.25. The number of aromatic nitrogens is 3. The molecular formula is C18H18N6. The molecule has 1 fully saturated rings. The normalized spacial score (nSPS) is 17.7. The van der Waals surface area contributed by atoms with Gasteiger partial charge in [0.25, 0.3) is 0 Å². The van der Waals surface area contributed by atoms with E-state index in [1.807, 2.05) is 18.2 Å². The molecule has 0 radical (unpaired) electrons. The van der Waals surface area contributed by atoms with E-state index < -0.39 is 0 Å². The monoisotopic (exact) mass is 318 g/mol. The summed E-state index contributed by atoms with van der Waals surface area (Å²) in [6.45, 7) is 2.00. The number of nitrogen functional groups attached to an aromatic ring is 1.